The molecule has 0 amide bonds. The summed E-state index contributed by atoms with van der Waals surface area (Å²) in [6.07, 6.45) is 10.5. The summed E-state index contributed by atoms with van der Waals surface area (Å²) < 4.78 is 1.40. The highest BCUT2D eigenvalue weighted by atomic mass is 15.4. The van der Waals surface area contributed by atoms with Crippen LogP contribution in [-0.2, 0) is 0 Å². The molecule has 1 fully saturated rings. The van der Waals surface area contributed by atoms with Gasteiger partial charge in [0, 0.05) is 12.3 Å². The van der Waals surface area contributed by atoms with Gasteiger partial charge >= 0.3 is 0 Å². The van der Waals surface area contributed by atoms with Crippen LogP contribution < -0.4 is 0 Å². The first-order valence-electron chi connectivity index (χ1n) is 5.81. The van der Waals surface area contributed by atoms with Crippen LogP contribution in [0.5, 0.6) is 0 Å². The van der Waals surface area contributed by atoms with E-state index in [0.29, 0.717) is 0 Å². The Morgan fingerprint density at radius 2 is 2.08 bits per heavy atom. The molecule has 0 radical (unpaired) electrons. The summed E-state index contributed by atoms with van der Waals surface area (Å²) in [4.78, 5) is 0. The minimum Gasteiger partial charge on any atom is -0.320 e. The summed E-state index contributed by atoms with van der Waals surface area (Å²) in [5.41, 5.74) is 0. The highest BCUT2D eigenvalue weighted by molar-refractivity contribution is 4.86. The van der Waals surface area contributed by atoms with Gasteiger partial charge in [-0.1, -0.05) is 13.0 Å². The van der Waals surface area contributed by atoms with Crippen molar-refractivity contribution in [1.29, 1.82) is 0 Å². The van der Waals surface area contributed by atoms with E-state index in [4.69, 9.17) is 0 Å². The third-order valence-corrected chi connectivity index (χ3v) is 3.71. The predicted molar refractivity (Wildman–Crippen MR) is 56.5 cm³/mol. The molecule has 0 aromatic carbocycles. The standard InChI is InChI=1S/C12H22N/c1-12-7-3-6-10-13(11-12)8-4-2-5-9-13/h2,4,12H,3,5-11H2,1H3/q+1. The maximum atomic E-state index is 2.43. The molecule has 2 atom stereocenters. The van der Waals surface area contributed by atoms with Crippen molar-refractivity contribution in [3.05, 3.63) is 12.2 Å². The zero-order valence-electron chi connectivity index (χ0n) is 8.84. The lowest BCUT2D eigenvalue weighted by Crippen LogP contribution is -2.52. The molecule has 74 valence electrons. The molecule has 2 rings (SSSR count). The first-order valence-corrected chi connectivity index (χ1v) is 5.81. The van der Waals surface area contributed by atoms with Crippen LogP contribution in [0.4, 0.5) is 0 Å². The maximum absolute atomic E-state index is 2.43. The van der Waals surface area contributed by atoms with Crippen molar-refractivity contribution in [3.8, 4) is 0 Å². The first-order chi connectivity index (χ1) is 6.31. The Bertz CT molecular complexity index is 197. The van der Waals surface area contributed by atoms with Gasteiger partial charge in [-0.2, -0.15) is 0 Å². The third kappa shape index (κ3) is 2.14. The van der Waals surface area contributed by atoms with E-state index in [-0.39, 0.29) is 0 Å². The fourth-order valence-corrected chi connectivity index (χ4v) is 3.01. The monoisotopic (exact) mass is 180 g/mol. The summed E-state index contributed by atoms with van der Waals surface area (Å²) in [6, 6.07) is 0. The molecule has 1 saturated heterocycles. The van der Waals surface area contributed by atoms with Crippen LogP contribution in [0.3, 0.4) is 0 Å². The number of rotatable bonds is 0. The molecule has 13 heavy (non-hydrogen) atoms. The van der Waals surface area contributed by atoms with E-state index in [1.807, 2.05) is 0 Å². The van der Waals surface area contributed by atoms with Crippen molar-refractivity contribution in [3.63, 3.8) is 0 Å². The molecule has 1 nitrogen and oxygen atoms in total. The summed E-state index contributed by atoms with van der Waals surface area (Å²) in [7, 11) is 0. The second-order valence-electron chi connectivity index (χ2n) is 5.02. The zero-order chi connectivity index (χ0) is 9.15. The van der Waals surface area contributed by atoms with E-state index in [2.05, 4.69) is 19.1 Å². The molecule has 2 heterocycles. The summed E-state index contributed by atoms with van der Waals surface area (Å²) >= 11 is 0. The van der Waals surface area contributed by atoms with E-state index in [1.165, 1.54) is 56.3 Å². The van der Waals surface area contributed by atoms with Gasteiger partial charge in [0.15, 0.2) is 0 Å². The van der Waals surface area contributed by atoms with Gasteiger partial charge in [-0.3, -0.25) is 0 Å². The highest BCUT2D eigenvalue weighted by Crippen LogP contribution is 2.24. The summed E-state index contributed by atoms with van der Waals surface area (Å²) in [5, 5.41) is 0. The molecule has 2 unspecified atom stereocenters. The van der Waals surface area contributed by atoms with E-state index >= 15 is 0 Å². The first kappa shape index (κ1) is 9.26. The van der Waals surface area contributed by atoms with Gasteiger partial charge in [0.2, 0.25) is 0 Å². The van der Waals surface area contributed by atoms with Crippen molar-refractivity contribution in [2.45, 2.75) is 32.6 Å². The van der Waals surface area contributed by atoms with E-state index in [1.54, 1.807) is 0 Å². The Morgan fingerprint density at radius 3 is 2.85 bits per heavy atom. The lowest BCUT2D eigenvalue weighted by atomic mass is 10.1. The average molecular weight is 180 g/mol. The molecule has 0 saturated carbocycles. The minimum atomic E-state index is 0.953. The Kier molecular flexibility index (Phi) is 2.73. The van der Waals surface area contributed by atoms with Crippen LogP contribution in [0.15, 0.2) is 12.2 Å². The molecule has 0 aliphatic carbocycles. The summed E-state index contributed by atoms with van der Waals surface area (Å²) in [6.45, 7) is 8.02. The maximum Gasteiger partial charge on any atom is 0.0973 e. The van der Waals surface area contributed by atoms with Gasteiger partial charge in [-0.25, -0.2) is 0 Å². The average Bonchev–Trinajstić information content (AvgIpc) is 2.29. The second-order valence-corrected chi connectivity index (χ2v) is 5.02. The molecule has 0 aromatic heterocycles. The molecule has 0 bridgehead atoms. The number of hydrogen-bond acceptors (Lipinski definition) is 0. The highest BCUT2D eigenvalue weighted by Gasteiger charge is 2.31. The largest absolute Gasteiger partial charge is 0.320 e. The summed E-state index contributed by atoms with van der Waals surface area (Å²) in [5.74, 6) is 0.953. The normalized spacial score (nSPS) is 40.5. The van der Waals surface area contributed by atoms with Crippen LogP contribution in [-0.4, -0.2) is 30.7 Å². The number of hydrogen-bond donors (Lipinski definition) is 0. The van der Waals surface area contributed by atoms with Crippen LogP contribution in [0.1, 0.15) is 32.6 Å². The van der Waals surface area contributed by atoms with Gasteiger partial charge in [0.25, 0.3) is 0 Å². The fourth-order valence-electron chi connectivity index (χ4n) is 3.01. The lowest BCUT2D eigenvalue weighted by molar-refractivity contribution is -0.925. The van der Waals surface area contributed by atoms with Crippen LogP contribution in [0.25, 0.3) is 0 Å². The molecule has 0 N–H and O–H groups in total. The minimum absolute atomic E-state index is 0.953. The molecular formula is C12H22N+. The Balaban J connectivity index is 2.05. The van der Waals surface area contributed by atoms with E-state index in [0.717, 1.165) is 5.92 Å². The number of nitrogens with zero attached hydrogens (tertiary/aromatic N) is 1. The van der Waals surface area contributed by atoms with Gasteiger partial charge in [0.05, 0.1) is 26.2 Å². The van der Waals surface area contributed by atoms with Crippen LogP contribution >= 0.6 is 0 Å². The molecule has 2 aliphatic heterocycles. The van der Waals surface area contributed by atoms with Crippen molar-refractivity contribution < 1.29 is 4.48 Å². The molecule has 1 heteroatoms. The predicted octanol–water partition coefficient (Wildman–Crippen LogP) is 2.58. The van der Waals surface area contributed by atoms with E-state index < -0.39 is 0 Å². The quantitative estimate of drug-likeness (QED) is 0.397. The van der Waals surface area contributed by atoms with Crippen molar-refractivity contribution >= 4 is 0 Å². The second kappa shape index (κ2) is 3.83. The SMILES string of the molecule is CC1CCCC[N+]2(CC=CCC2)C1. The van der Waals surface area contributed by atoms with Crippen LogP contribution in [0, 0.1) is 5.92 Å². The van der Waals surface area contributed by atoms with Gasteiger partial charge < -0.3 is 4.48 Å². The van der Waals surface area contributed by atoms with E-state index in [9.17, 15) is 0 Å². The van der Waals surface area contributed by atoms with Crippen molar-refractivity contribution in [2.24, 2.45) is 5.92 Å². The molecule has 0 aromatic rings. The van der Waals surface area contributed by atoms with Gasteiger partial charge in [-0.15, -0.1) is 0 Å². The topological polar surface area (TPSA) is 0 Å². The Hall–Kier alpha value is -0.300. The molecule has 1 spiro atoms. The van der Waals surface area contributed by atoms with Gasteiger partial charge in [-0.05, 0) is 25.3 Å². The number of quaternary nitrogens is 1. The smallest absolute Gasteiger partial charge is 0.0973 e. The zero-order valence-corrected chi connectivity index (χ0v) is 8.84. The van der Waals surface area contributed by atoms with Gasteiger partial charge in [0.1, 0.15) is 0 Å². The third-order valence-electron chi connectivity index (χ3n) is 3.71. The fraction of sp³-hybridized carbons (Fsp3) is 0.833. The van der Waals surface area contributed by atoms with Crippen molar-refractivity contribution in [2.75, 3.05) is 26.2 Å². The molecular weight excluding hydrogens is 158 g/mol. The Morgan fingerprint density at radius 1 is 1.15 bits per heavy atom. The lowest BCUT2D eigenvalue weighted by Gasteiger charge is -2.40. The van der Waals surface area contributed by atoms with Crippen molar-refractivity contribution in [1.82, 2.24) is 0 Å². The van der Waals surface area contributed by atoms with Crippen LogP contribution in [0.2, 0.25) is 0 Å². The Labute approximate surface area is 82.0 Å². The molecule has 2 aliphatic rings.